The number of anilines is 1. The van der Waals surface area contributed by atoms with Gasteiger partial charge in [0.1, 0.15) is 6.10 Å². The van der Waals surface area contributed by atoms with Gasteiger partial charge in [0.25, 0.3) is 5.91 Å². The summed E-state index contributed by atoms with van der Waals surface area (Å²) in [6.45, 7) is 4.75. The second-order valence-corrected chi connectivity index (χ2v) is 6.22. The average Bonchev–Trinajstić information content (AvgIpc) is 3.00. The number of nitrogens with zero attached hydrogens (tertiary/aromatic N) is 1. The normalized spacial score (nSPS) is 16.6. The first-order chi connectivity index (χ1) is 12.1. The number of benzene rings is 2. The maximum Gasteiger partial charge on any atom is 0.414 e. The van der Waals surface area contributed by atoms with E-state index in [0.29, 0.717) is 18.7 Å². The summed E-state index contributed by atoms with van der Waals surface area (Å²) in [5.74, 6) is -0.162. The Morgan fingerprint density at radius 1 is 1.24 bits per heavy atom. The molecule has 0 bridgehead atoms. The van der Waals surface area contributed by atoms with Crippen LogP contribution < -0.4 is 10.2 Å². The van der Waals surface area contributed by atoms with Crippen molar-refractivity contribution in [2.75, 3.05) is 18.0 Å². The summed E-state index contributed by atoms with van der Waals surface area (Å²) in [5, 5.41) is 2.84. The zero-order valence-electron chi connectivity index (χ0n) is 14.5. The lowest BCUT2D eigenvalue weighted by atomic mass is 10.1. The second-order valence-electron chi connectivity index (χ2n) is 6.22. The fraction of sp³-hybridized carbons (Fsp3) is 0.300. The molecule has 2 aromatic rings. The number of hydrogen-bond donors (Lipinski definition) is 1. The van der Waals surface area contributed by atoms with Crippen molar-refractivity contribution in [2.45, 2.75) is 26.4 Å². The van der Waals surface area contributed by atoms with Gasteiger partial charge in [0.05, 0.1) is 13.1 Å². The molecule has 5 nitrogen and oxygen atoms in total. The summed E-state index contributed by atoms with van der Waals surface area (Å²) in [6.07, 6.45) is 0.226. The van der Waals surface area contributed by atoms with E-state index in [9.17, 15) is 9.59 Å². The molecule has 5 heteroatoms. The number of ether oxygens (including phenoxy) is 1. The van der Waals surface area contributed by atoms with Gasteiger partial charge in [0, 0.05) is 11.3 Å². The smallest absolute Gasteiger partial charge is 0.414 e. The SMILES string of the molecule is CCc1ccc(N2CC(CNC(=O)c3cccc(C)c3)OC2=O)cc1. The van der Waals surface area contributed by atoms with E-state index in [2.05, 4.69) is 12.2 Å². The van der Waals surface area contributed by atoms with Crippen molar-refractivity contribution in [2.24, 2.45) is 0 Å². The molecule has 1 heterocycles. The zero-order valence-corrected chi connectivity index (χ0v) is 14.5. The molecular formula is C20H22N2O3. The number of aryl methyl sites for hydroxylation is 2. The van der Waals surface area contributed by atoms with E-state index in [-0.39, 0.29) is 18.1 Å². The number of carbonyl (C=O) groups excluding carboxylic acids is 2. The number of carbonyl (C=O) groups is 2. The molecule has 0 aliphatic carbocycles. The molecule has 0 spiro atoms. The van der Waals surface area contributed by atoms with Crippen molar-refractivity contribution >= 4 is 17.7 Å². The Morgan fingerprint density at radius 2 is 2.00 bits per heavy atom. The third-order valence-electron chi connectivity index (χ3n) is 4.30. The quantitative estimate of drug-likeness (QED) is 0.910. The number of hydrogen-bond acceptors (Lipinski definition) is 3. The molecular weight excluding hydrogens is 316 g/mol. The minimum absolute atomic E-state index is 0.162. The lowest BCUT2D eigenvalue weighted by Gasteiger charge is -2.13. The molecule has 1 N–H and O–H groups in total. The molecule has 2 amide bonds. The standard InChI is InChI=1S/C20H22N2O3/c1-3-15-7-9-17(10-8-15)22-13-18(25-20(22)24)12-21-19(23)16-6-4-5-14(2)11-16/h4-11,18H,3,12-13H2,1-2H3,(H,21,23). The molecule has 1 atom stereocenters. The van der Waals surface area contributed by atoms with Gasteiger partial charge in [0.2, 0.25) is 0 Å². The van der Waals surface area contributed by atoms with Gasteiger partial charge >= 0.3 is 6.09 Å². The van der Waals surface area contributed by atoms with Crippen LogP contribution in [0.25, 0.3) is 0 Å². The summed E-state index contributed by atoms with van der Waals surface area (Å²) < 4.78 is 5.37. The Morgan fingerprint density at radius 3 is 2.68 bits per heavy atom. The summed E-state index contributed by atoms with van der Waals surface area (Å²) in [5.41, 5.74) is 3.67. The zero-order chi connectivity index (χ0) is 17.8. The van der Waals surface area contributed by atoms with Crippen LogP contribution in [0.2, 0.25) is 0 Å². The van der Waals surface area contributed by atoms with Gasteiger partial charge in [-0.1, -0.05) is 36.8 Å². The number of cyclic esters (lactones) is 1. The molecule has 25 heavy (non-hydrogen) atoms. The first kappa shape index (κ1) is 17.0. The molecule has 0 aromatic heterocycles. The van der Waals surface area contributed by atoms with Gasteiger partial charge in [-0.2, -0.15) is 0 Å². The molecule has 1 unspecified atom stereocenters. The first-order valence-electron chi connectivity index (χ1n) is 8.48. The molecule has 1 fully saturated rings. The van der Waals surface area contributed by atoms with Gasteiger partial charge in [-0.3, -0.25) is 9.69 Å². The molecule has 130 valence electrons. The van der Waals surface area contributed by atoms with E-state index in [1.54, 1.807) is 11.0 Å². The van der Waals surface area contributed by atoms with Crippen molar-refractivity contribution in [3.63, 3.8) is 0 Å². The number of amides is 2. The largest absolute Gasteiger partial charge is 0.442 e. The number of nitrogens with one attached hydrogen (secondary N) is 1. The Labute approximate surface area is 147 Å². The van der Waals surface area contributed by atoms with Gasteiger partial charge in [-0.05, 0) is 43.2 Å². The van der Waals surface area contributed by atoms with Crippen LogP contribution in [0.4, 0.5) is 10.5 Å². The monoisotopic (exact) mass is 338 g/mol. The second kappa shape index (κ2) is 7.38. The Hall–Kier alpha value is -2.82. The van der Waals surface area contributed by atoms with E-state index in [4.69, 9.17) is 4.74 Å². The lowest BCUT2D eigenvalue weighted by molar-refractivity contribution is 0.0916. The fourth-order valence-corrected chi connectivity index (χ4v) is 2.85. The van der Waals surface area contributed by atoms with Crippen LogP contribution >= 0.6 is 0 Å². The van der Waals surface area contributed by atoms with E-state index in [1.165, 1.54) is 5.56 Å². The van der Waals surface area contributed by atoms with Gasteiger partial charge in [-0.15, -0.1) is 0 Å². The van der Waals surface area contributed by atoms with E-state index >= 15 is 0 Å². The first-order valence-corrected chi connectivity index (χ1v) is 8.48. The fourth-order valence-electron chi connectivity index (χ4n) is 2.85. The predicted octanol–water partition coefficient (Wildman–Crippen LogP) is 3.31. The van der Waals surface area contributed by atoms with Crippen LogP contribution in [-0.4, -0.2) is 31.2 Å². The molecule has 0 saturated carbocycles. The van der Waals surface area contributed by atoms with Crippen LogP contribution in [-0.2, 0) is 11.2 Å². The topological polar surface area (TPSA) is 58.6 Å². The van der Waals surface area contributed by atoms with Crippen LogP contribution in [0.15, 0.2) is 48.5 Å². The highest BCUT2D eigenvalue weighted by Crippen LogP contribution is 2.22. The highest BCUT2D eigenvalue weighted by Gasteiger charge is 2.32. The van der Waals surface area contributed by atoms with Gasteiger partial charge in [0.15, 0.2) is 0 Å². The Balaban J connectivity index is 1.58. The van der Waals surface area contributed by atoms with Crippen molar-refractivity contribution in [3.8, 4) is 0 Å². The minimum atomic E-state index is -0.376. The predicted molar refractivity (Wildman–Crippen MR) is 96.9 cm³/mol. The molecule has 2 aromatic carbocycles. The maximum atomic E-state index is 12.2. The van der Waals surface area contributed by atoms with E-state index in [1.807, 2.05) is 49.4 Å². The van der Waals surface area contributed by atoms with E-state index < -0.39 is 0 Å². The highest BCUT2D eigenvalue weighted by atomic mass is 16.6. The molecule has 1 aliphatic heterocycles. The molecule has 3 rings (SSSR count). The van der Waals surface area contributed by atoms with Crippen LogP contribution in [0.5, 0.6) is 0 Å². The number of rotatable bonds is 5. The lowest BCUT2D eigenvalue weighted by Crippen LogP contribution is -2.34. The maximum absolute atomic E-state index is 12.2. The highest BCUT2D eigenvalue weighted by molar-refractivity contribution is 5.94. The van der Waals surface area contributed by atoms with Crippen LogP contribution in [0.1, 0.15) is 28.4 Å². The summed E-state index contributed by atoms with van der Waals surface area (Å²) in [4.78, 5) is 25.9. The minimum Gasteiger partial charge on any atom is -0.442 e. The Kier molecular flexibility index (Phi) is 5.03. The van der Waals surface area contributed by atoms with Crippen LogP contribution in [0.3, 0.4) is 0 Å². The molecule has 1 aliphatic rings. The molecule has 1 saturated heterocycles. The van der Waals surface area contributed by atoms with Crippen molar-refractivity contribution in [1.82, 2.24) is 5.32 Å². The third-order valence-corrected chi connectivity index (χ3v) is 4.30. The Bertz CT molecular complexity index is 771. The summed E-state index contributed by atoms with van der Waals surface area (Å²) in [7, 11) is 0. The summed E-state index contributed by atoms with van der Waals surface area (Å²) in [6, 6.07) is 15.3. The van der Waals surface area contributed by atoms with Crippen molar-refractivity contribution in [3.05, 3.63) is 65.2 Å². The third kappa shape index (κ3) is 3.99. The molecule has 0 radical (unpaired) electrons. The van der Waals surface area contributed by atoms with Crippen molar-refractivity contribution < 1.29 is 14.3 Å². The van der Waals surface area contributed by atoms with Gasteiger partial charge < -0.3 is 10.1 Å². The van der Waals surface area contributed by atoms with Crippen molar-refractivity contribution in [1.29, 1.82) is 0 Å². The van der Waals surface area contributed by atoms with E-state index in [0.717, 1.165) is 17.7 Å². The average molecular weight is 338 g/mol. The van der Waals surface area contributed by atoms with Gasteiger partial charge in [-0.25, -0.2) is 4.79 Å². The van der Waals surface area contributed by atoms with Crippen LogP contribution in [0, 0.1) is 6.92 Å². The summed E-state index contributed by atoms with van der Waals surface area (Å²) >= 11 is 0.